The molecule has 0 spiro atoms. The number of hydrogen-bond acceptors (Lipinski definition) is 3. The lowest BCUT2D eigenvalue weighted by Gasteiger charge is -2.32. The number of Topliss-reactive ketones (excluding diaryl/α,β-unsaturated/α-hetero) is 1. The second-order valence-corrected chi connectivity index (χ2v) is 6.26. The number of hydrogen-bond donors (Lipinski definition) is 2. The minimum absolute atomic E-state index is 0.178. The second kappa shape index (κ2) is 6.89. The summed E-state index contributed by atoms with van der Waals surface area (Å²) in [6, 6.07) is 15.8. The van der Waals surface area contributed by atoms with Crippen molar-refractivity contribution in [1.82, 2.24) is 0 Å². The Morgan fingerprint density at radius 1 is 0.920 bits per heavy atom. The van der Waals surface area contributed by atoms with Crippen LogP contribution >= 0.6 is 0 Å². The van der Waals surface area contributed by atoms with Crippen molar-refractivity contribution in [3.8, 4) is 0 Å². The maximum atomic E-state index is 13.0. The van der Waals surface area contributed by atoms with Crippen LogP contribution in [0.5, 0.6) is 0 Å². The average molecular weight is 338 g/mol. The van der Waals surface area contributed by atoms with Crippen molar-refractivity contribution in [1.29, 1.82) is 0 Å². The van der Waals surface area contributed by atoms with Gasteiger partial charge in [-0.1, -0.05) is 54.6 Å². The Morgan fingerprint density at radius 2 is 1.52 bits per heavy atom. The third kappa shape index (κ3) is 3.18. The highest BCUT2D eigenvalue weighted by Crippen LogP contribution is 2.40. The highest BCUT2D eigenvalue weighted by molar-refractivity contribution is 6.02. The Morgan fingerprint density at radius 3 is 2.16 bits per heavy atom. The van der Waals surface area contributed by atoms with Gasteiger partial charge in [0.05, 0.1) is 0 Å². The summed E-state index contributed by atoms with van der Waals surface area (Å²) >= 11 is 0. The molecular weight excluding hydrogens is 320 g/mol. The summed E-state index contributed by atoms with van der Waals surface area (Å²) in [5.41, 5.74) is 2.06. The van der Waals surface area contributed by atoms with E-state index in [1.807, 2.05) is 12.1 Å². The summed E-state index contributed by atoms with van der Waals surface area (Å²) in [4.78, 5) is 36.3. The van der Waals surface area contributed by atoms with Gasteiger partial charge in [0.2, 0.25) is 0 Å². The summed E-state index contributed by atoms with van der Waals surface area (Å²) in [6.45, 7) is 0. The second-order valence-electron chi connectivity index (χ2n) is 6.26. The zero-order valence-corrected chi connectivity index (χ0v) is 13.5. The average Bonchev–Trinajstić information content (AvgIpc) is 2.61. The minimum Gasteiger partial charge on any atom is -0.481 e. The van der Waals surface area contributed by atoms with Crippen molar-refractivity contribution in [3.63, 3.8) is 0 Å². The van der Waals surface area contributed by atoms with Crippen LogP contribution in [0.25, 0.3) is 0 Å². The van der Waals surface area contributed by atoms with E-state index in [0.717, 1.165) is 5.56 Å². The summed E-state index contributed by atoms with van der Waals surface area (Å²) < 4.78 is 0. The minimum atomic E-state index is -1.67. The molecule has 2 unspecified atom stereocenters. The number of ketones is 1. The van der Waals surface area contributed by atoms with Crippen LogP contribution < -0.4 is 0 Å². The molecule has 0 saturated heterocycles. The lowest BCUT2D eigenvalue weighted by Crippen LogP contribution is -2.38. The van der Waals surface area contributed by atoms with E-state index in [2.05, 4.69) is 0 Å². The predicted octanol–water partition coefficient (Wildman–Crippen LogP) is 3.00. The molecule has 0 aliphatic heterocycles. The summed E-state index contributed by atoms with van der Waals surface area (Å²) in [5.74, 6) is -6.27. The summed E-state index contributed by atoms with van der Waals surface area (Å²) in [5, 5.41) is 19.0. The van der Waals surface area contributed by atoms with Crippen LogP contribution in [0.1, 0.15) is 33.8 Å². The van der Waals surface area contributed by atoms with Crippen LogP contribution in [0.3, 0.4) is 0 Å². The molecule has 3 rings (SSSR count). The van der Waals surface area contributed by atoms with Crippen LogP contribution in [-0.2, 0) is 16.0 Å². The first-order chi connectivity index (χ1) is 12.0. The molecule has 0 heterocycles. The van der Waals surface area contributed by atoms with Gasteiger partial charge in [0.25, 0.3) is 0 Å². The van der Waals surface area contributed by atoms with Crippen molar-refractivity contribution in [3.05, 3.63) is 71.3 Å². The third-order valence-corrected chi connectivity index (χ3v) is 4.85. The maximum Gasteiger partial charge on any atom is 0.318 e. The smallest absolute Gasteiger partial charge is 0.318 e. The summed E-state index contributed by atoms with van der Waals surface area (Å²) in [7, 11) is 0. The molecule has 1 aliphatic rings. The zero-order valence-electron chi connectivity index (χ0n) is 13.5. The maximum absolute atomic E-state index is 13.0. The highest BCUT2D eigenvalue weighted by Gasteiger charge is 2.44. The highest BCUT2D eigenvalue weighted by atomic mass is 16.4. The van der Waals surface area contributed by atoms with E-state index in [-0.39, 0.29) is 5.78 Å². The standard InChI is InChI=1S/C20H18O5/c21-18-14-9-5-4-6-12(14)10-11-15(18)16(13-7-2-1-3-8-13)17(19(22)23)20(24)25/h1-9,15-17H,10-11H2,(H,22,23)(H,24,25). The lowest BCUT2D eigenvalue weighted by molar-refractivity contribution is -0.156. The molecule has 128 valence electrons. The van der Waals surface area contributed by atoms with E-state index in [0.29, 0.717) is 24.0 Å². The molecule has 0 bridgehead atoms. The fourth-order valence-electron chi connectivity index (χ4n) is 3.71. The number of rotatable bonds is 5. The number of benzene rings is 2. The van der Waals surface area contributed by atoms with Crippen LogP contribution in [0.4, 0.5) is 0 Å². The number of carboxylic acid groups (broad SMARTS) is 2. The number of fused-ring (bicyclic) bond motifs is 1. The van der Waals surface area contributed by atoms with Crippen LogP contribution in [-0.4, -0.2) is 27.9 Å². The van der Waals surface area contributed by atoms with Gasteiger partial charge >= 0.3 is 11.9 Å². The van der Waals surface area contributed by atoms with E-state index >= 15 is 0 Å². The molecule has 2 aromatic carbocycles. The molecule has 5 nitrogen and oxygen atoms in total. The molecule has 2 N–H and O–H groups in total. The normalized spacial score (nSPS) is 17.8. The Hall–Kier alpha value is -2.95. The lowest BCUT2D eigenvalue weighted by atomic mass is 9.69. The van der Waals surface area contributed by atoms with Gasteiger partial charge in [-0.15, -0.1) is 0 Å². The van der Waals surface area contributed by atoms with Crippen molar-refractivity contribution >= 4 is 17.7 Å². The fraction of sp³-hybridized carbons (Fsp3) is 0.250. The first-order valence-corrected chi connectivity index (χ1v) is 8.13. The molecule has 0 fully saturated rings. The number of carbonyl (C=O) groups is 3. The SMILES string of the molecule is O=C1c2ccccc2CCC1C(c1ccccc1)C(C(=O)O)C(=O)O. The van der Waals surface area contributed by atoms with Gasteiger partial charge < -0.3 is 10.2 Å². The van der Waals surface area contributed by atoms with Gasteiger partial charge in [-0.2, -0.15) is 0 Å². The number of aliphatic carboxylic acids is 2. The Balaban J connectivity index is 2.08. The van der Waals surface area contributed by atoms with E-state index < -0.39 is 29.7 Å². The number of carboxylic acids is 2. The summed E-state index contributed by atoms with van der Waals surface area (Å²) in [6.07, 6.45) is 1.06. The quantitative estimate of drug-likeness (QED) is 0.818. The van der Waals surface area contributed by atoms with Crippen molar-refractivity contribution in [2.24, 2.45) is 11.8 Å². The molecule has 2 atom stereocenters. The third-order valence-electron chi connectivity index (χ3n) is 4.85. The Labute approximate surface area is 144 Å². The predicted molar refractivity (Wildman–Crippen MR) is 90.5 cm³/mol. The molecule has 0 saturated carbocycles. The monoisotopic (exact) mass is 338 g/mol. The first kappa shape index (κ1) is 16.9. The molecule has 2 aromatic rings. The Kier molecular flexibility index (Phi) is 4.65. The fourth-order valence-corrected chi connectivity index (χ4v) is 3.71. The first-order valence-electron chi connectivity index (χ1n) is 8.13. The van der Waals surface area contributed by atoms with Gasteiger partial charge in [-0.05, 0) is 24.0 Å². The van der Waals surface area contributed by atoms with E-state index in [4.69, 9.17) is 0 Å². The van der Waals surface area contributed by atoms with Gasteiger partial charge in [-0.3, -0.25) is 14.4 Å². The van der Waals surface area contributed by atoms with E-state index in [1.54, 1.807) is 42.5 Å². The molecule has 5 heteroatoms. The van der Waals surface area contributed by atoms with Crippen molar-refractivity contribution in [2.45, 2.75) is 18.8 Å². The molecular formula is C20H18O5. The van der Waals surface area contributed by atoms with Gasteiger partial charge in [0, 0.05) is 17.4 Å². The van der Waals surface area contributed by atoms with E-state index in [9.17, 15) is 24.6 Å². The van der Waals surface area contributed by atoms with Crippen LogP contribution in [0, 0.1) is 11.8 Å². The van der Waals surface area contributed by atoms with Gasteiger partial charge in [-0.25, -0.2) is 0 Å². The van der Waals surface area contributed by atoms with Crippen molar-refractivity contribution in [2.75, 3.05) is 0 Å². The van der Waals surface area contributed by atoms with E-state index in [1.165, 1.54) is 0 Å². The van der Waals surface area contributed by atoms with Crippen molar-refractivity contribution < 1.29 is 24.6 Å². The number of aryl methyl sites for hydroxylation is 1. The Bertz CT molecular complexity index is 798. The topological polar surface area (TPSA) is 91.7 Å². The molecule has 0 amide bonds. The zero-order chi connectivity index (χ0) is 18.0. The number of carbonyl (C=O) groups excluding carboxylic acids is 1. The molecule has 0 radical (unpaired) electrons. The molecule has 0 aromatic heterocycles. The van der Waals surface area contributed by atoms with Crippen LogP contribution in [0.2, 0.25) is 0 Å². The van der Waals surface area contributed by atoms with Crippen LogP contribution in [0.15, 0.2) is 54.6 Å². The largest absolute Gasteiger partial charge is 0.481 e. The molecule has 1 aliphatic carbocycles. The van der Waals surface area contributed by atoms with Gasteiger partial charge in [0.1, 0.15) is 0 Å². The van der Waals surface area contributed by atoms with Gasteiger partial charge in [0.15, 0.2) is 11.7 Å². The molecule has 25 heavy (non-hydrogen) atoms.